The van der Waals surface area contributed by atoms with Gasteiger partial charge in [-0.2, -0.15) is 0 Å². The van der Waals surface area contributed by atoms with Crippen molar-refractivity contribution in [3.63, 3.8) is 0 Å². The van der Waals surface area contributed by atoms with Crippen LogP contribution in [0.1, 0.15) is 29.9 Å². The number of aromatic nitrogens is 3. The quantitative estimate of drug-likeness (QED) is 0.365. The first kappa shape index (κ1) is 28.1. The molecule has 1 spiro atoms. The summed E-state index contributed by atoms with van der Waals surface area (Å²) in [6, 6.07) is 5.29. The van der Waals surface area contributed by atoms with Crippen LogP contribution in [0.4, 0.5) is 10.6 Å². The number of halogens is 1. The standard InChI is InChI=1S/C28H35ClN6O5/c1-16-24(23-17(2)33-40-18(23)3)31-25(21-11-20(5-6-22(21)29)39-13-19(36)12-30-4)32-26(16)35-14-28(15-35)7-9-34(10-8-28)27(37)38/h5-6,11,19,30,36H,7-10,12-15H2,1-4H3,(H,37,38). The number of likely N-dealkylation sites (N-methyl/N-ethyl adjacent to an activating group) is 1. The average Bonchev–Trinajstić information content (AvgIpc) is 3.24. The van der Waals surface area contributed by atoms with Gasteiger partial charge in [-0.1, -0.05) is 16.8 Å². The molecule has 1 unspecified atom stereocenters. The summed E-state index contributed by atoms with van der Waals surface area (Å²) in [5.41, 5.74) is 3.89. The summed E-state index contributed by atoms with van der Waals surface area (Å²) in [4.78, 5) is 25.1. The maximum absolute atomic E-state index is 11.4. The number of rotatable bonds is 8. The Morgan fingerprint density at radius 1 is 1.23 bits per heavy atom. The van der Waals surface area contributed by atoms with Crippen LogP contribution >= 0.6 is 11.6 Å². The van der Waals surface area contributed by atoms with Gasteiger partial charge in [0.2, 0.25) is 0 Å². The molecule has 1 atom stereocenters. The summed E-state index contributed by atoms with van der Waals surface area (Å²) in [6.07, 6.45) is 0.145. The van der Waals surface area contributed by atoms with Gasteiger partial charge < -0.3 is 34.6 Å². The highest BCUT2D eigenvalue weighted by Crippen LogP contribution is 2.45. The summed E-state index contributed by atoms with van der Waals surface area (Å²) >= 11 is 6.67. The molecule has 2 aliphatic heterocycles. The molecule has 2 aromatic heterocycles. The largest absolute Gasteiger partial charge is 0.491 e. The predicted molar refractivity (Wildman–Crippen MR) is 151 cm³/mol. The highest BCUT2D eigenvalue weighted by atomic mass is 35.5. The normalized spacial score (nSPS) is 17.1. The maximum Gasteiger partial charge on any atom is 0.407 e. The van der Waals surface area contributed by atoms with Gasteiger partial charge in [0.15, 0.2) is 5.82 Å². The van der Waals surface area contributed by atoms with Gasteiger partial charge in [-0.25, -0.2) is 14.8 Å². The Labute approximate surface area is 238 Å². The van der Waals surface area contributed by atoms with Crippen LogP contribution in [0, 0.1) is 26.2 Å². The zero-order chi connectivity index (χ0) is 28.6. The third-order valence-corrected chi connectivity index (χ3v) is 8.23. The number of anilines is 1. The van der Waals surface area contributed by atoms with E-state index in [0.717, 1.165) is 54.3 Å². The van der Waals surface area contributed by atoms with Gasteiger partial charge in [-0.3, -0.25) is 0 Å². The number of aliphatic hydroxyl groups excluding tert-OH is 1. The van der Waals surface area contributed by atoms with Gasteiger partial charge in [0, 0.05) is 49.3 Å². The molecule has 0 saturated carbocycles. The zero-order valence-corrected chi connectivity index (χ0v) is 24.0. The minimum Gasteiger partial charge on any atom is -0.491 e. The number of aliphatic hydroxyl groups is 1. The summed E-state index contributed by atoms with van der Waals surface area (Å²) < 4.78 is 11.3. The first-order chi connectivity index (χ1) is 19.1. The van der Waals surface area contributed by atoms with E-state index in [-0.39, 0.29) is 12.0 Å². The number of hydrogen-bond acceptors (Lipinski definition) is 9. The SMILES string of the molecule is CNCC(O)COc1ccc(Cl)c(-c2nc(-c3c(C)noc3C)c(C)c(N3CC4(CCN(C(=O)O)CC4)C3)n2)c1. The Balaban J connectivity index is 1.50. The van der Waals surface area contributed by atoms with E-state index < -0.39 is 12.2 Å². The molecular weight excluding hydrogens is 536 g/mol. The molecule has 4 heterocycles. The second-order valence-electron chi connectivity index (χ2n) is 10.8. The van der Waals surface area contributed by atoms with Gasteiger partial charge in [-0.15, -0.1) is 0 Å². The number of ether oxygens (including phenoxy) is 1. The number of amides is 1. The number of carboxylic acid groups (broad SMARTS) is 1. The fourth-order valence-electron chi connectivity index (χ4n) is 5.65. The molecule has 3 N–H and O–H groups in total. The Morgan fingerprint density at radius 2 is 1.95 bits per heavy atom. The Hall–Kier alpha value is -3.41. The van der Waals surface area contributed by atoms with Crippen molar-refractivity contribution in [1.29, 1.82) is 0 Å². The van der Waals surface area contributed by atoms with Crippen molar-refractivity contribution in [2.24, 2.45) is 5.41 Å². The lowest BCUT2D eigenvalue weighted by atomic mass is 9.72. The number of benzene rings is 1. The van der Waals surface area contributed by atoms with E-state index in [2.05, 4.69) is 15.4 Å². The van der Waals surface area contributed by atoms with Crippen LogP contribution in [0.2, 0.25) is 5.02 Å². The second kappa shape index (κ2) is 11.2. The number of nitrogens with zero attached hydrogens (tertiary/aromatic N) is 5. The van der Waals surface area contributed by atoms with Crippen molar-refractivity contribution in [3.8, 4) is 28.4 Å². The fourth-order valence-corrected chi connectivity index (χ4v) is 5.85. The van der Waals surface area contributed by atoms with Crippen molar-refractivity contribution in [2.45, 2.75) is 39.7 Å². The number of nitrogens with one attached hydrogen (secondary N) is 1. The first-order valence-corrected chi connectivity index (χ1v) is 13.8. The Kier molecular flexibility index (Phi) is 7.89. The predicted octanol–water partition coefficient (Wildman–Crippen LogP) is 3.92. The van der Waals surface area contributed by atoms with Crippen LogP contribution in [0.3, 0.4) is 0 Å². The number of carbonyl (C=O) groups is 1. The van der Waals surface area contributed by atoms with Crippen LogP contribution in [0.5, 0.6) is 5.75 Å². The topological polar surface area (TPSA) is 137 Å². The van der Waals surface area contributed by atoms with E-state index in [1.54, 1.807) is 25.2 Å². The van der Waals surface area contributed by atoms with Crippen molar-refractivity contribution in [1.82, 2.24) is 25.3 Å². The van der Waals surface area contributed by atoms with Crippen molar-refractivity contribution < 1.29 is 24.3 Å². The van der Waals surface area contributed by atoms with Gasteiger partial charge >= 0.3 is 6.09 Å². The van der Waals surface area contributed by atoms with Gasteiger partial charge in [0.25, 0.3) is 0 Å². The fraction of sp³-hybridized carbons (Fsp3) is 0.500. The summed E-state index contributed by atoms with van der Waals surface area (Å²) in [5.74, 6) is 2.47. The monoisotopic (exact) mass is 570 g/mol. The summed E-state index contributed by atoms with van der Waals surface area (Å²) in [6.45, 7) is 8.97. The summed E-state index contributed by atoms with van der Waals surface area (Å²) in [5, 5.41) is 27.0. The molecule has 1 aromatic carbocycles. The molecule has 40 heavy (non-hydrogen) atoms. The second-order valence-corrected chi connectivity index (χ2v) is 11.2. The van der Waals surface area contributed by atoms with Crippen LogP contribution in [0.25, 0.3) is 22.6 Å². The lowest BCUT2D eigenvalue weighted by molar-refractivity contribution is 0.0706. The van der Waals surface area contributed by atoms with Crippen LogP contribution < -0.4 is 15.0 Å². The van der Waals surface area contributed by atoms with E-state index in [1.165, 1.54) is 4.90 Å². The Morgan fingerprint density at radius 3 is 2.58 bits per heavy atom. The third kappa shape index (κ3) is 5.45. The average molecular weight is 571 g/mol. The highest BCUT2D eigenvalue weighted by Gasteiger charge is 2.46. The van der Waals surface area contributed by atoms with Crippen molar-refractivity contribution in [3.05, 3.63) is 40.2 Å². The molecule has 2 saturated heterocycles. The van der Waals surface area contributed by atoms with Crippen molar-refractivity contribution in [2.75, 3.05) is 51.3 Å². The third-order valence-electron chi connectivity index (χ3n) is 7.90. The molecule has 2 aliphatic rings. The molecule has 5 rings (SSSR count). The molecule has 0 radical (unpaired) electrons. The molecule has 0 aliphatic carbocycles. The van der Waals surface area contributed by atoms with Gasteiger partial charge in [-0.05, 0) is 58.9 Å². The van der Waals surface area contributed by atoms with Crippen molar-refractivity contribution >= 4 is 23.5 Å². The zero-order valence-electron chi connectivity index (χ0n) is 23.2. The molecule has 11 nitrogen and oxygen atoms in total. The van der Waals surface area contributed by atoms with Gasteiger partial charge in [0.05, 0.1) is 22.0 Å². The minimum absolute atomic E-state index is 0.0757. The van der Waals surface area contributed by atoms with Gasteiger partial charge in [0.1, 0.15) is 30.0 Å². The van der Waals surface area contributed by atoms with E-state index in [4.69, 9.17) is 30.8 Å². The van der Waals surface area contributed by atoms with E-state index >= 15 is 0 Å². The molecule has 3 aromatic rings. The van der Waals surface area contributed by atoms with Crippen LogP contribution in [-0.4, -0.2) is 88.8 Å². The van der Waals surface area contributed by atoms with E-state index in [9.17, 15) is 15.0 Å². The molecule has 2 fully saturated rings. The Bertz CT molecular complexity index is 1380. The molecule has 1 amide bonds. The highest BCUT2D eigenvalue weighted by molar-refractivity contribution is 6.33. The number of aryl methyl sites for hydroxylation is 2. The molecular formula is C28H35ClN6O5. The number of hydrogen-bond donors (Lipinski definition) is 3. The maximum atomic E-state index is 11.4. The molecule has 0 bridgehead atoms. The molecule has 214 valence electrons. The lowest BCUT2D eigenvalue weighted by Gasteiger charge is -2.54. The lowest BCUT2D eigenvalue weighted by Crippen LogP contribution is -2.61. The van der Waals surface area contributed by atoms with E-state index in [1.807, 2.05) is 20.8 Å². The van der Waals surface area contributed by atoms with Crippen LogP contribution in [-0.2, 0) is 0 Å². The minimum atomic E-state index is -0.856. The van der Waals surface area contributed by atoms with Crippen LogP contribution in [0.15, 0.2) is 22.7 Å². The smallest absolute Gasteiger partial charge is 0.407 e. The summed E-state index contributed by atoms with van der Waals surface area (Å²) in [7, 11) is 1.77. The molecule has 12 heteroatoms. The number of piperidine rings is 1. The van der Waals surface area contributed by atoms with E-state index in [0.29, 0.717) is 47.6 Å². The number of likely N-dealkylation sites (tertiary alicyclic amines) is 1. The first-order valence-electron chi connectivity index (χ1n) is 13.4.